The Balaban J connectivity index is 1.50. The van der Waals surface area contributed by atoms with E-state index in [2.05, 4.69) is 17.8 Å². The molecule has 2 saturated heterocycles. The van der Waals surface area contributed by atoms with Crippen LogP contribution in [0.3, 0.4) is 0 Å². The zero-order chi connectivity index (χ0) is 17.1. The first-order valence-corrected chi connectivity index (χ1v) is 8.51. The third-order valence-electron chi connectivity index (χ3n) is 4.68. The van der Waals surface area contributed by atoms with Crippen LogP contribution in [-0.4, -0.2) is 62.8 Å². The number of carbonyl (C=O) groups is 2. The number of likely N-dealkylation sites (N-methyl/N-ethyl adjacent to an activating group) is 1. The lowest BCUT2D eigenvalue weighted by Crippen LogP contribution is -3.12. The van der Waals surface area contributed by atoms with Crippen LogP contribution in [0.5, 0.6) is 0 Å². The van der Waals surface area contributed by atoms with Crippen molar-refractivity contribution in [2.24, 2.45) is 0 Å². The molecule has 0 aromatic heterocycles. The first kappa shape index (κ1) is 16.7. The Hall–Kier alpha value is -2.12. The van der Waals surface area contributed by atoms with E-state index in [0.29, 0.717) is 13.0 Å². The molecule has 0 aliphatic carbocycles. The van der Waals surface area contributed by atoms with Gasteiger partial charge in [0.25, 0.3) is 0 Å². The van der Waals surface area contributed by atoms with E-state index >= 15 is 0 Å². The monoisotopic (exact) mass is 332 g/mol. The fourth-order valence-electron chi connectivity index (χ4n) is 3.14. The maximum absolute atomic E-state index is 12.2. The summed E-state index contributed by atoms with van der Waals surface area (Å²) in [4.78, 5) is 27.6. The van der Waals surface area contributed by atoms with Crippen LogP contribution < -0.4 is 20.5 Å². The summed E-state index contributed by atoms with van der Waals surface area (Å²) < 4.78 is 0. The molecule has 2 heterocycles. The van der Waals surface area contributed by atoms with E-state index in [1.54, 1.807) is 4.90 Å². The molecule has 2 aliphatic rings. The molecule has 0 unspecified atom stereocenters. The highest BCUT2D eigenvalue weighted by Crippen LogP contribution is 2.21. The zero-order valence-corrected chi connectivity index (χ0v) is 14.3. The number of hydrazine groups is 1. The van der Waals surface area contributed by atoms with Crippen LogP contribution in [0.15, 0.2) is 24.3 Å². The van der Waals surface area contributed by atoms with E-state index in [4.69, 9.17) is 0 Å². The van der Waals surface area contributed by atoms with Gasteiger partial charge in [-0.3, -0.25) is 10.2 Å². The van der Waals surface area contributed by atoms with Gasteiger partial charge < -0.3 is 15.1 Å². The van der Waals surface area contributed by atoms with E-state index in [9.17, 15) is 9.59 Å². The highest BCUT2D eigenvalue weighted by molar-refractivity contribution is 5.96. The van der Waals surface area contributed by atoms with Gasteiger partial charge in [-0.1, -0.05) is 17.7 Å². The number of nitrogens with one attached hydrogen (secondary N) is 3. The Morgan fingerprint density at radius 2 is 1.88 bits per heavy atom. The van der Waals surface area contributed by atoms with E-state index in [0.717, 1.165) is 37.4 Å². The molecule has 0 radical (unpaired) electrons. The number of carbonyl (C=O) groups excluding carboxylic acids is 2. The largest absolute Gasteiger partial charge is 0.335 e. The van der Waals surface area contributed by atoms with Gasteiger partial charge in [-0.05, 0) is 19.1 Å². The summed E-state index contributed by atoms with van der Waals surface area (Å²) >= 11 is 0. The number of anilines is 1. The van der Waals surface area contributed by atoms with E-state index < -0.39 is 0 Å². The molecule has 24 heavy (non-hydrogen) atoms. The summed E-state index contributed by atoms with van der Waals surface area (Å²) in [5, 5.41) is 4.86. The fraction of sp³-hybridized carbons (Fsp3) is 0.529. The number of benzene rings is 1. The molecule has 3 amide bonds. The molecule has 2 fully saturated rings. The Kier molecular flexibility index (Phi) is 5.01. The van der Waals surface area contributed by atoms with Gasteiger partial charge in [0.1, 0.15) is 0 Å². The van der Waals surface area contributed by atoms with E-state index in [1.807, 2.05) is 36.2 Å². The molecule has 2 aliphatic heterocycles. The highest BCUT2D eigenvalue weighted by Gasteiger charge is 2.32. The van der Waals surface area contributed by atoms with Crippen molar-refractivity contribution in [2.45, 2.75) is 19.4 Å². The van der Waals surface area contributed by atoms with Crippen LogP contribution in [-0.2, 0) is 4.79 Å². The summed E-state index contributed by atoms with van der Waals surface area (Å²) in [6.45, 7) is 6.26. The van der Waals surface area contributed by atoms with Crippen molar-refractivity contribution >= 4 is 17.6 Å². The number of amides is 3. The molecule has 7 nitrogen and oxygen atoms in total. The Bertz CT molecular complexity index is 596. The SMILES string of the molecule is Cc1ccc(N2C[C@@H](NC(=O)NN3CC[NH+](C)CC3)CC2=O)cc1. The first-order chi connectivity index (χ1) is 11.5. The van der Waals surface area contributed by atoms with Crippen LogP contribution in [0.25, 0.3) is 0 Å². The number of hydrogen-bond donors (Lipinski definition) is 3. The van der Waals surface area contributed by atoms with Gasteiger partial charge in [0, 0.05) is 18.7 Å². The second-order valence-electron chi connectivity index (χ2n) is 6.77. The molecular weight excluding hydrogens is 306 g/mol. The molecule has 7 heteroatoms. The lowest BCUT2D eigenvalue weighted by atomic mass is 10.2. The Morgan fingerprint density at radius 1 is 1.21 bits per heavy atom. The number of nitrogens with zero attached hydrogens (tertiary/aromatic N) is 2. The molecule has 130 valence electrons. The van der Waals surface area contributed by atoms with E-state index in [-0.39, 0.29) is 18.0 Å². The summed E-state index contributed by atoms with van der Waals surface area (Å²) in [6.07, 6.45) is 0.341. The second kappa shape index (κ2) is 7.19. The molecule has 1 aromatic rings. The molecule has 1 aromatic carbocycles. The molecule has 0 bridgehead atoms. The molecule has 3 N–H and O–H groups in total. The van der Waals surface area contributed by atoms with Gasteiger partial charge in [-0.15, -0.1) is 0 Å². The average Bonchev–Trinajstić information content (AvgIpc) is 2.90. The Morgan fingerprint density at radius 3 is 2.54 bits per heavy atom. The quantitative estimate of drug-likeness (QED) is 0.675. The minimum atomic E-state index is -0.224. The molecule has 1 atom stereocenters. The molecule has 3 rings (SSSR count). The van der Waals surface area contributed by atoms with Gasteiger partial charge in [-0.2, -0.15) is 0 Å². The second-order valence-corrected chi connectivity index (χ2v) is 6.77. The van der Waals surface area contributed by atoms with Gasteiger partial charge in [0.05, 0.1) is 39.3 Å². The van der Waals surface area contributed by atoms with Gasteiger partial charge in [-0.25, -0.2) is 9.80 Å². The van der Waals surface area contributed by atoms with Crippen LogP contribution in [0.2, 0.25) is 0 Å². The van der Waals surface area contributed by atoms with Crippen molar-refractivity contribution in [3.05, 3.63) is 29.8 Å². The van der Waals surface area contributed by atoms with Crippen LogP contribution in [0, 0.1) is 6.92 Å². The Labute approximate surface area is 142 Å². The van der Waals surface area contributed by atoms with Crippen LogP contribution in [0.4, 0.5) is 10.5 Å². The van der Waals surface area contributed by atoms with Crippen molar-refractivity contribution in [3.63, 3.8) is 0 Å². The lowest BCUT2D eigenvalue weighted by Gasteiger charge is -2.30. The highest BCUT2D eigenvalue weighted by atomic mass is 16.2. The predicted octanol–water partition coefficient (Wildman–Crippen LogP) is -0.855. The minimum absolute atomic E-state index is 0.0485. The maximum Gasteiger partial charge on any atom is 0.329 e. The summed E-state index contributed by atoms with van der Waals surface area (Å²) in [5.41, 5.74) is 4.93. The van der Waals surface area contributed by atoms with Crippen molar-refractivity contribution < 1.29 is 14.5 Å². The molecule has 0 spiro atoms. The van der Waals surface area contributed by atoms with Crippen LogP contribution in [0.1, 0.15) is 12.0 Å². The summed E-state index contributed by atoms with van der Waals surface area (Å²) in [7, 11) is 2.15. The average molecular weight is 332 g/mol. The normalized spacial score (nSPS) is 22.7. The number of piperazine rings is 1. The standard InChI is InChI=1S/C17H25N5O2/c1-13-3-5-15(6-4-13)22-12-14(11-16(22)23)18-17(24)19-21-9-7-20(2)8-10-21/h3-6,14H,7-12H2,1-2H3,(H2,18,19,24)/p+1/t14-/m0/s1. The van der Waals surface area contributed by atoms with Crippen molar-refractivity contribution in [1.29, 1.82) is 0 Å². The number of aryl methyl sites for hydroxylation is 1. The van der Waals surface area contributed by atoms with Crippen LogP contribution >= 0.6 is 0 Å². The first-order valence-electron chi connectivity index (χ1n) is 8.51. The molecule has 0 saturated carbocycles. The minimum Gasteiger partial charge on any atom is -0.335 e. The van der Waals surface area contributed by atoms with Gasteiger partial charge in [0.15, 0.2) is 0 Å². The third-order valence-corrected chi connectivity index (χ3v) is 4.68. The van der Waals surface area contributed by atoms with Crippen molar-refractivity contribution in [2.75, 3.05) is 44.7 Å². The number of quaternary nitrogens is 1. The number of rotatable bonds is 3. The lowest BCUT2D eigenvalue weighted by molar-refractivity contribution is -0.884. The van der Waals surface area contributed by atoms with Gasteiger partial charge >= 0.3 is 6.03 Å². The van der Waals surface area contributed by atoms with Crippen molar-refractivity contribution in [3.8, 4) is 0 Å². The maximum atomic E-state index is 12.2. The van der Waals surface area contributed by atoms with Crippen molar-refractivity contribution in [1.82, 2.24) is 15.8 Å². The van der Waals surface area contributed by atoms with E-state index in [1.165, 1.54) is 4.90 Å². The third kappa shape index (κ3) is 4.04. The fourth-order valence-corrected chi connectivity index (χ4v) is 3.14. The summed E-state index contributed by atoms with van der Waals surface area (Å²) in [6, 6.07) is 7.50. The van der Waals surface area contributed by atoms with Gasteiger partial charge in [0.2, 0.25) is 5.91 Å². The topological polar surface area (TPSA) is 69.1 Å². The predicted molar refractivity (Wildman–Crippen MR) is 91.8 cm³/mol. The smallest absolute Gasteiger partial charge is 0.329 e. The molecular formula is C17H26N5O2+. The zero-order valence-electron chi connectivity index (χ0n) is 14.3. The summed E-state index contributed by atoms with van der Waals surface area (Å²) in [5.74, 6) is 0.0485. The number of hydrogen-bond acceptors (Lipinski definition) is 3. The number of urea groups is 1.